The molecule has 6 heteroatoms. The second-order valence-corrected chi connectivity index (χ2v) is 4.58. The maximum absolute atomic E-state index is 9.21. The standard InChI is InChI=1S/C15H17BO5/c1-20-15-7-11(9-17)6-12(8-15)10-21-14-4-2-13(3-5-14)16(18)19/h2-8,17-19H,9-10H2,1H3. The molecule has 0 amide bonds. The van der Waals surface area contributed by atoms with Crippen LogP contribution in [0.15, 0.2) is 42.5 Å². The Morgan fingerprint density at radius 3 is 2.19 bits per heavy atom. The van der Waals surface area contributed by atoms with Crippen LogP contribution >= 0.6 is 0 Å². The number of hydrogen-bond acceptors (Lipinski definition) is 5. The van der Waals surface area contributed by atoms with Gasteiger partial charge in [-0.15, -0.1) is 0 Å². The molecule has 0 unspecified atom stereocenters. The maximum atomic E-state index is 9.21. The zero-order valence-electron chi connectivity index (χ0n) is 11.7. The summed E-state index contributed by atoms with van der Waals surface area (Å²) in [5.74, 6) is 1.28. The van der Waals surface area contributed by atoms with Gasteiger partial charge in [0.25, 0.3) is 0 Å². The van der Waals surface area contributed by atoms with Gasteiger partial charge in [0.05, 0.1) is 13.7 Å². The Hall–Kier alpha value is -2.02. The van der Waals surface area contributed by atoms with Crippen LogP contribution in [0.1, 0.15) is 11.1 Å². The highest BCUT2D eigenvalue weighted by molar-refractivity contribution is 6.58. The molecule has 0 aromatic heterocycles. The fraction of sp³-hybridized carbons (Fsp3) is 0.200. The van der Waals surface area contributed by atoms with E-state index in [9.17, 15) is 5.11 Å². The molecular weight excluding hydrogens is 271 g/mol. The summed E-state index contributed by atoms with van der Waals surface area (Å²) in [5, 5.41) is 27.2. The average molecular weight is 288 g/mol. The van der Waals surface area contributed by atoms with Crippen LogP contribution in [0, 0.1) is 0 Å². The van der Waals surface area contributed by atoms with Gasteiger partial charge in [0.2, 0.25) is 0 Å². The van der Waals surface area contributed by atoms with Crippen molar-refractivity contribution < 1.29 is 24.6 Å². The molecule has 0 aliphatic carbocycles. The molecule has 5 nitrogen and oxygen atoms in total. The van der Waals surface area contributed by atoms with Gasteiger partial charge in [-0.2, -0.15) is 0 Å². The molecule has 110 valence electrons. The van der Waals surface area contributed by atoms with Gasteiger partial charge in [0.1, 0.15) is 18.1 Å². The lowest BCUT2D eigenvalue weighted by Gasteiger charge is -2.10. The van der Waals surface area contributed by atoms with Crippen molar-refractivity contribution in [3.63, 3.8) is 0 Å². The molecule has 0 aliphatic heterocycles. The molecule has 0 spiro atoms. The third kappa shape index (κ3) is 4.22. The van der Waals surface area contributed by atoms with Crippen LogP contribution in [-0.2, 0) is 13.2 Å². The second kappa shape index (κ2) is 7.13. The lowest BCUT2D eigenvalue weighted by atomic mass is 9.80. The monoisotopic (exact) mass is 288 g/mol. The van der Waals surface area contributed by atoms with Gasteiger partial charge < -0.3 is 24.6 Å². The molecule has 0 aliphatic rings. The minimum atomic E-state index is -1.48. The van der Waals surface area contributed by atoms with E-state index < -0.39 is 7.12 Å². The van der Waals surface area contributed by atoms with Crippen molar-refractivity contribution in [2.24, 2.45) is 0 Å². The smallest absolute Gasteiger partial charge is 0.488 e. The van der Waals surface area contributed by atoms with Crippen molar-refractivity contribution in [2.45, 2.75) is 13.2 Å². The molecule has 0 saturated heterocycles. The van der Waals surface area contributed by atoms with Crippen LogP contribution in [0.2, 0.25) is 0 Å². The van der Waals surface area contributed by atoms with Crippen molar-refractivity contribution in [1.82, 2.24) is 0 Å². The predicted molar refractivity (Wildman–Crippen MR) is 79.5 cm³/mol. The SMILES string of the molecule is COc1cc(CO)cc(COc2ccc(B(O)O)cc2)c1. The fourth-order valence-electron chi connectivity index (χ4n) is 1.92. The number of aliphatic hydroxyl groups excluding tert-OH is 1. The van der Waals surface area contributed by atoms with E-state index >= 15 is 0 Å². The van der Waals surface area contributed by atoms with E-state index in [1.807, 2.05) is 12.1 Å². The van der Waals surface area contributed by atoms with E-state index in [1.165, 1.54) is 0 Å². The number of aliphatic hydroxyl groups is 1. The molecule has 2 aromatic carbocycles. The van der Waals surface area contributed by atoms with Gasteiger partial charge in [-0.25, -0.2) is 0 Å². The topological polar surface area (TPSA) is 79.2 Å². The number of hydrogen-bond donors (Lipinski definition) is 3. The predicted octanol–water partition coefficient (Wildman–Crippen LogP) is 0.446. The van der Waals surface area contributed by atoms with Gasteiger partial charge >= 0.3 is 7.12 Å². The van der Waals surface area contributed by atoms with E-state index in [1.54, 1.807) is 37.4 Å². The Morgan fingerprint density at radius 2 is 1.62 bits per heavy atom. The van der Waals surface area contributed by atoms with Crippen molar-refractivity contribution in [2.75, 3.05) is 7.11 Å². The van der Waals surface area contributed by atoms with Gasteiger partial charge in [-0.3, -0.25) is 0 Å². The lowest BCUT2D eigenvalue weighted by Crippen LogP contribution is -2.29. The number of benzene rings is 2. The first-order valence-electron chi connectivity index (χ1n) is 6.49. The van der Waals surface area contributed by atoms with Crippen LogP contribution in [0.3, 0.4) is 0 Å². The van der Waals surface area contributed by atoms with Crippen LogP contribution in [0.5, 0.6) is 11.5 Å². The molecule has 0 radical (unpaired) electrons. The summed E-state index contributed by atoms with van der Waals surface area (Å²) in [7, 11) is 0.0876. The normalized spacial score (nSPS) is 10.3. The second-order valence-electron chi connectivity index (χ2n) is 4.58. The third-order valence-corrected chi connectivity index (χ3v) is 3.03. The molecule has 2 rings (SSSR count). The largest absolute Gasteiger partial charge is 0.497 e. The average Bonchev–Trinajstić information content (AvgIpc) is 2.52. The Kier molecular flexibility index (Phi) is 5.22. The van der Waals surface area contributed by atoms with E-state index in [0.29, 0.717) is 23.6 Å². The summed E-state index contributed by atoms with van der Waals surface area (Å²) in [4.78, 5) is 0. The lowest BCUT2D eigenvalue weighted by molar-refractivity contribution is 0.279. The van der Waals surface area contributed by atoms with Crippen molar-refractivity contribution in [3.05, 3.63) is 53.6 Å². The maximum Gasteiger partial charge on any atom is 0.488 e. The van der Waals surface area contributed by atoms with Crippen LogP contribution < -0.4 is 14.9 Å². The molecule has 2 aromatic rings. The van der Waals surface area contributed by atoms with Gasteiger partial charge in [0, 0.05) is 0 Å². The van der Waals surface area contributed by atoms with Crippen LogP contribution in [-0.4, -0.2) is 29.4 Å². The van der Waals surface area contributed by atoms with Crippen molar-refractivity contribution >= 4 is 12.6 Å². The first-order chi connectivity index (χ1) is 10.1. The van der Waals surface area contributed by atoms with E-state index in [-0.39, 0.29) is 6.61 Å². The Labute approximate surface area is 123 Å². The summed E-state index contributed by atoms with van der Waals surface area (Å²) in [6.45, 7) is 0.262. The van der Waals surface area contributed by atoms with Gasteiger partial charge in [-0.1, -0.05) is 12.1 Å². The fourth-order valence-corrected chi connectivity index (χ4v) is 1.92. The zero-order chi connectivity index (χ0) is 15.2. The Balaban J connectivity index is 2.05. The quantitative estimate of drug-likeness (QED) is 0.672. The van der Waals surface area contributed by atoms with Crippen molar-refractivity contribution in [3.8, 4) is 11.5 Å². The molecule has 0 bridgehead atoms. The highest BCUT2D eigenvalue weighted by Crippen LogP contribution is 2.19. The zero-order valence-corrected chi connectivity index (χ0v) is 11.7. The van der Waals surface area contributed by atoms with E-state index in [4.69, 9.17) is 19.5 Å². The molecule has 0 heterocycles. The van der Waals surface area contributed by atoms with Crippen molar-refractivity contribution in [1.29, 1.82) is 0 Å². The highest BCUT2D eigenvalue weighted by Gasteiger charge is 2.10. The molecular formula is C15H17BO5. The molecule has 3 N–H and O–H groups in total. The minimum absolute atomic E-state index is 0.0622. The number of ether oxygens (including phenoxy) is 2. The molecule has 0 fully saturated rings. The molecule has 0 atom stereocenters. The summed E-state index contributed by atoms with van der Waals surface area (Å²) < 4.78 is 10.8. The van der Waals surface area contributed by atoms with E-state index in [0.717, 1.165) is 11.1 Å². The highest BCUT2D eigenvalue weighted by atomic mass is 16.5. The first-order valence-corrected chi connectivity index (χ1v) is 6.49. The summed E-state index contributed by atoms with van der Waals surface area (Å²) in [6, 6.07) is 12.0. The summed E-state index contributed by atoms with van der Waals surface area (Å²) in [5.41, 5.74) is 2.04. The van der Waals surface area contributed by atoms with Gasteiger partial charge in [-0.05, 0) is 46.9 Å². The number of rotatable bonds is 6. The summed E-state index contributed by atoms with van der Waals surface area (Å²) in [6.07, 6.45) is 0. The van der Waals surface area contributed by atoms with Gasteiger partial charge in [0.15, 0.2) is 0 Å². The number of methoxy groups -OCH3 is 1. The van der Waals surface area contributed by atoms with Crippen LogP contribution in [0.25, 0.3) is 0 Å². The van der Waals surface area contributed by atoms with E-state index in [2.05, 4.69) is 0 Å². The third-order valence-electron chi connectivity index (χ3n) is 3.03. The first kappa shape index (κ1) is 15.4. The Bertz CT molecular complexity index is 561. The molecule has 0 saturated carbocycles. The Morgan fingerprint density at radius 1 is 0.952 bits per heavy atom. The summed E-state index contributed by atoms with van der Waals surface area (Å²) >= 11 is 0. The minimum Gasteiger partial charge on any atom is -0.497 e. The molecule has 21 heavy (non-hydrogen) atoms. The van der Waals surface area contributed by atoms with Crippen LogP contribution in [0.4, 0.5) is 0 Å².